The van der Waals surface area contributed by atoms with Gasteiger partial charge in [0, 0.05) is 31.3 Å². The predicted molar refractivity (Wildman–Crippen MR) is 83.1 cm³/mol. The van der Waals surface area contributed by atoms with Crippen LogP contribution in [0.2, 0.25) is 0 Å². The summed E-state index contributed by atoms with van der Waals surface area (Å²) in [6.45, 7) is 1.73. The van der Waals surface area contributed by atoms with Crippen molar-refractivity contribution in [3.63, 3.8) is 0 Å². The Balaban J connectivity index is 1.44. The zero-order valence-corrected chi connectivity index (χ0v) is 12.4. The summed E-state index contributed by atoms with van der Waals surface area (Å²) in [5.74, 6) is 0.0813. The number of ether oxygens (including phenoxy) is 1. The highest BCUT2D eigenvalue weighted by Crippen LogP contribution is 2.20. The van der Waals surface area contributed by atoms with Gasteiger partial charge >= 0.3 is 0 Å². The van der Waals surface area contributed by atoms with E-state index in [0.29, 0.717) is 12.5 Å². The summed E-state index contributed by atoms with van der Waals surface area (Å²) in [5.41, 5.74) is 2.11. The SMILES string of the molecule is O=C(CCC1CCCO1)Nc1cccc(CNC2CC2)c1. The van der Waals surface area contributed by atoms with Gasteiger partial charge in [0.25, 0.3) is 0 Å². The first-order valence-corrected chi connectivity index (χ1v) is 8.03. The molecule has 4 nitrogen and oxygen atoms in total. The van der Waals surface area contributed by atoms with E-state index in [4.69, 9.17) is 4.74 Å². The predicted octanol–water partition coefficient (Wildman–Crippen LogP) is 2.84. The largest absolute Gasteiger partial charge is 0.378 e. The van der Waals surface area contributed by atoms with Crippen LogP contribution in [0.4, 0.5) is 5.69 Å². The fraction of sp³-hybridized carbons (Fsp3) is 0.588. The summed E-state index contributed by atoms with van der Waals surface area (Å²) in [4.78, 5) is 12.0. The van der Waals surface area contributed by atoms with Crippen molar-refractivity contribution < 1.29 is 9.53 Å². The molecule has 0 radical (unpaired) electrons. The summed E-state index contributed by atoms with van der Waals surface area (Å²) in [5, 5.41) is 6.47. The Bertz CT molecular complexity index is 479. The van der Waals surface area contributed by atoms with E-state index in [1.807, 2.05) is 12.1 Å². The van der Waals surface area contributed by atoms with Crippen molar-refractivity contribution in [2.45, 2.75) is 57.2 Å². The highest BCUT2D eigenvalue weighted by Gasteiger charge is 2.20. The molecule has 0 spiro atoms. The van der Waals surface area contributed by atoms with Gasteiger partial charge in [-0.1, -0.05) is 12.1 Å². The van der Waals surface area contributed by atoms with Gasteiger partial charge in [0.05, 0.1) is 6.10 Å². The maximum atomic E-state index is 12.0. The summed E-state index contributed by atoms with van der Waals surface area (Å²) >= 11 is 0. The van der Waals surface area contributed by atoms with Crippen LogP contribution in [0.15, 0.2) is 24.3 Å². The Kier molecular flexibility index (Phi) is 4.88. The zero-order chi connectivity index (χ0) is 14.5. The van der Waals surface area contributed by atoms with E-state index in [-0.39, 0.29) is 12.0 Å². The molecule has 1 aromatic carbocycles. The molecule has 1 atom stereocenters. The normalized spacial score (nSPS) is 21.4. The van der Waals surface area contributed by atoms with Crippen molar-refractivity contribution in [2.75, 3.05) is 11.9 Å². The quantitative estimate of drug-likeness (QED) is 0.811. The van der Waals surface area contributed by atoms with Gasteiger partial charge in [0.15, 0.2) is 0 Å². The third-order valence-electron chi connectivity index (χ3n) is 4.10. The Morgan fingerprint density at radius 2 is 2.19 bits per heavy atom. The van der Waals surface area contributed by atoms with Gasteiger partial charge in [-0.15, -0.1) is 0 Å². The maximum absolute atomic E-state index is 12.0. The molecule has 4 heteroatoms. The highest BCUT2D eigenvalue weighted by atomic mass is 16.5. The van der Waals surface area contributed by atoms with Gasteiger partial charge in [-0.05, 0) is 49.8 Å². The van der Waals surface area contributed by atoms with Crippen LogP contribution >= 0.6 is 0 Å². The molecule has 3 rings (SSSR count). The molecule has 21 heavy (non-hydrogen) atoms. The van der Waals surface area contributed by atoms with Crippen molar-refractivity contribution in [1.82, 2.24) is 5.32 Å². The number of hydrogen-bond acceptors (Lipinski definition) is 3. The molecule has 1 aromatic rings. The molecule has 1 saturated heterocycles. The number of benzene rings is 1. The minimum Gasteiger partial charge on any atom is -0.378 e. The van der Waals surface area contributed by atoms with Crippen LogP contribution in [0, 0.1) is 0 Å². The first-order valence-electron chi connectivity index (χ1n) is 8.03. The van der Waals surface area contributed by atoms with E-state index in [2.05, 4.69) is 22.8 Å². The van der Waals surface area contributed by atoms with E-state index in [1.54, 1.807) is 0 Å². The summed E-state index contributed by atoms with van der Waals surface area (Å²) in [6.07, 6.45) is 6.45. The standard InChI is InChI=1S/C17H24N2O2/c20-17(9-8-16-5-2-10-21-16)19-15-4-1-3-13(11-15)12-18-14-6-7-14/h1,3-4,11,14,16,18H,2,5-10,12H2,(H,19,20). The number of carbonyl (C=O) groups is 1. The van der Waals surface area contributed by atoms with E-state index in [1.165, 1.54) is 18.4 Å². The van der Waals surface area contributed by atoms with Crippen molar-refractivity contribution in [3.05, 3.63) is 29.8 Å². The van der Waals surface area contributed by atoms with E-state index in [0.717, 1.165) is 38.1 Å². The second-order valence-electron chi connectivity index (χ2n) is 6.08. The van der Waals surface area contributed by atoms with Crippen LogP contribution in [0.3, 0.4) is 0 Å². The fourth-order valence-electron chi connectivity index (χ4n) is 2.70. The third-order valence-corrected chi connectivity index (χ3v) is 4.10. The number of hydrogen-bond donors (Lipinski definition) is 2. The molecular formula is C17H24N2O2. The molecule has 0 aromatic heterocycles. The molecule has 1 amide bonds. The lowest BCUT2D eigenvalue weighted by Gasteiger charge is -2.10. The van der Waals surface area contributed by atoms with E-state index in [9.17, 15) is 4.79 Å². The smallest absolute Gasteiger partial charge is 0.224 e. The monoisotopic (exact) mass is 288 g/mol. The molecule has 2 fully saturated rings. The Labute approximate surface area is 126 Å². The molecule has 1 unspecified atom stereocenters. The Morgan fingerprint density at radius 3 is 2.95 bits per heavy atom. The minimum absolute atomic E-state index is 0.0813. The number of rotatable bonds is 7. The van der Waals surface area contributed by atoms with Gasteiger partial charge < -0.3 is 15.4 Å². The summed E-state index contributed by atoms with van der Waals surface area (Å²) < 4.78 is 5.54. The second kappa shape index (κ2) is 7.05. The second-order valence-corrected chi connectivity index (χ2v) is 6.08. The topological polar surface area (TPSA) is 50.4 Å². The lowest BCUT2D eigenvalue weighted by atomic mass is 10.1. The average molecular weight is 288 g/mol. The number of nitrogens with one attached hydrogen (secondary N) is 2. The van der Waals surface area contributed by atoms with Gasteiger partial charge in [-0.3, -0.25) is 4.79 Å². The average Bonchev–Trinajstić information content (AvgIpc) is 3.17. The zero-order valence-electron chi connectivity index (χ0n) is 12.4. The van der Waals surface area contributed by atoms with Gasteiger partial charge in [-0.25, -0.2) is 0 Å². The molecule has 1 aliphatic carbocycles. The molecule has 1 heterocycles. The van der Waals surface area contributed by atoms with E-state index >= 15 is 0 Å². The highest BCUT2D eigenvalue weighted by molar-refractivity contribution is 5.90. The summed E-state index contributed by atoms with van der Waals surface area (Å²) in [6, 6.07) is 8.80. The van der Waals surface area contributed by atoms with Crippen molar-refractivity contribution in [2.24, 2.45) is 0 Å². The van der Waals surface area contributed by atoms with Crippen LogP contribution in [-0.2, 0) is 16.1 Å². The van der Waals surface area contributed by atoms with Gasteiger partial charge in [0.2, 0.25) is 5.91 Å². The van der Waals surface area contributed by atoms with Crippen LogP contribution in [0.25, 0.3) is 0 Å². The Morgan fingerprint density at radius 1 is 1.29 bits per heavy atom. The van der Waals surface area contributed by atoms with Crippen molar-refractivity contribution >= 4 is 11.6 Å². The van der Waals surface area contributed by atoms with Crippen molar-refractivity contribution in [3.8, 4) is 0 Å². The first-order chi connectivity index (χ1) is 10.3. The van der Waals surface area contributed by atoms with Gasteiger partial charge in [-0.2, -0.15) is 0 Å². The third kappa shape index (κ3) is 4.83. The number of carbonyl (C=O) groups excluding carboxylic acids is 1. The molecule has 1 saturated carbocycles. The fourth-order valence-corrected chi connectivity index (χ4v) is 2.70. The Hall–Kier alpha value is -1.39. The number of anilines is 1. The van der Waals surface area contributed by atoms with Crippen LogP contribution in [-0.4, -0.2) is 24.7 Å². The lowest BCUT2D eigenvalue weighted by Crippen LogP contribution is -2.17. The molecule has 114 valence electrons. The van der Waals surface area contributed by atoms with Crippen LogP contribution < -0.4 is 10.6 Å². The first kappa shape index (κ1) is 14.5. The molecule has 1 aliphatic heterocycles. The number of amides is 1. The molecular weight excluding hydrogens is 264 g/mol. The van der Waals surface area contributed by atoms with Crippen molar-refractivity contribution in [1.29, 1.82) is 0 Å². The molecule has 0 bridgehead atoms. The maximum Gasteiger partial charge on any atom is 0.224 e. The van der Waals surface area contributed by atoms with Crippen LogP contribution in [0.1, 0.15) is 44.1 Å². The molecule has 2 N–H and O–H groups in total. The molecule has 2 aliphatic rings. The summed E-state index contributed by atoms with van der Waals surface area (Å²) in [7, 11) is 0. The minimum atomic E-state index is 0.0813. The van der Waals surface area contributed by atoms with Gasteiger partial charge in [0.1, 0.15) is 0 Å². The van der Waals surface area contributed by atoms with E-state index < -0.39 is 0 Å². The van der Waals surface area contributed by atoms with Crippen LogP contribution in [0.5, 0.6) is 0 Å². The lowest BCUT2D eigenvalue weighted by molar-refractivity contribution is -0.116.